The van der Waals surface area contributed by atoms with Crippen LogP contribution in [0.15, 0.2) is 53.2 Å². The van der Waals surface area contributed by atoms with Crippen molar-refractivity contribution in [3.63, 3.8) is 0 Å². The van der Waals surface area contributed by atoms with E-state index >= 15 is 0 Å². The molecule has 0 unspecified atom stereocenters. The molecular formula is C19H13F4NO5. The van der Waals surface area contributed by atoms with Gasteiger partial charge in [0, 0.05) is 5.56 Å². The van der Waals surface area contributed by atoms with Crippen LogP contribution in [0.2, 0.25) is 0 Å². The Hall–Kier alpha value is -3.56. The maximum absolute atomic E-state index is 12.4. The molecule has 3 rings (SSSR count). The first-order valence-electron chi connectivity index (χ1n) is 8.06. The molecular weight excluding hydrogens is 398 g/mol. The number of aliphatic imine (C=N–C) groups is 1. The summed E-state index contributed by atoms with van der Waals surface area (Å²) in [7, 11) is 1.27. The van der Waals surface area contributed by atoms with Crippen molar-refractivity contribution in [2.24, 2.45) is 4.99 Å². The van der Waals surface area contributed by atoms with Crippen LogP contribution in [0.5, 0.6) is 17.2 Å². The number of cyclic esters (lactones) is 1. The normalized spacial score (nSPS) is 14.9. The summed E-state index contributed by atoms with van der Waals surface area (Å²) in [6, 6.07) is 9.51. The lowest BCUT2D eigenvalue weighted by Crippen LogP contribution is -2.07. The molecule has 0 saturated carbocycles. The van der Waals surface area contributed by atoms with Gasteiger partial charge in [-0.3, -0.25) is 0 Å². The molecule has 0 aromatic heterocycles. The average molecular weight is 411 g/mol. The molecule has 0 radical (unpaired) electrons. The first-order chi connectivity index (χ1) is 13.9. The van der Waals surface area contributed by atoms with Crippen LogP contribution in [0.4, 0.5) is 17.6 Å². The van der Waals surface area contributed by atoms with E-state index < -0.39 is 19.2 Å². The van der Waals surface area contributed by atoms with E-state index in [4.69, 9.17) is 9.47 Å². The molecule has 6 nitrogen and oxygen atoms in total. The van der Waals surface area contributed by atoms with Gasteiger partial charge in [0.05, 0.1) is 7.11 Å². The van der Waals surface area contributed by atoms with Crippen LogP contribution in [0.25, 0.3) is 6.08 Å². The predicted molar refractivity (Wildman–Crippen MR) is 93.3 cm³/mol. The Balaban J connectivity index is 1.83. The maximum atomic E-state index is 12.4. The third-order valence-corrected chi connectivity index (χ3v) is 3.66. The summed E-state index contributed by atoms with van der Waals surface area (Å²) in [5.41, 5.74) is 0.775. The number of methoxy groups -OCH3 is 1. The Morgan fingerprint density at radius 1 is 0.966 bits per heavy atom. The molecule has 0 atom stereocenters. The molecule has 29 heavy (non-hydrogen) atoms. The number of alkyl halides is 4. The van der Waals surface area contributed by atoms with Gasteiger partial charge in [0.15, 0.2) is 17.2 Å². The number of ether oxygens (including phenoxy) is 4. The van der Waals surface area contributed by atoms with Crippen molar-refractivity contribution >= 4 is 17.9 Å². The van der Waals surface area contributed by atoms with Crippen molar-refractivity contribution in [2.75, 3.05) is 7.11 Å². The molecule has 1 aliphatic rings. The van der Waals surface area contributed by atoms with Gasteiger partial charge in [0.25, 0.3) is 0 Å². The number of halogens is 4. The molecule has 152 valence electrons. The Morgan fingerprint density at radius 3 is 2.28 bits per heavy atom. The van der Waals surface area contributed by atoms with Crippen molar-refractivity contribution in [3.8, 4) is 17.2 Å². The average Bonchev–Trinajstić information content (AvgIpc) is 3.03. The Kier molecular flexibility index (Phi) is 6.01. The van der Waals surface area contributed by atoms with Crippen LogP contribution in [0.1, 0.15) is 11.1 Å². The minimum atomic E-state index is -3.02. The van der Waals surface area contributed by atoms with Crippen LogP contribution in [0.3, 0.4) is 0 Å². The number of rotatable bonds is 7. The molecule has 1 heterocycles. The zero-order chi connectivity index (χ0) is 21.0. The lowest BCUT2D eigenvalue weighted by molar-refractivity contribution is -0.129. The maximum Gasteiger partial charge on any atom is 0.387 e. The molecule has 0 fully saturated rings. The summed E-state index contributed by atoms with van der Waals surface area (Å²) in [5, 5.41) is 0. The smallest absolute Gasteiger partial charge is 0.387 e. The minimum Gasteiger partial charge on any atom is -0.493 e. The van der Waals surface area contributed by atoms with Gasteiger partial charge in [0.2, 0.25) is 5.90 Å². The van der Waals surface area contributed by atoms with E-state index in [0.29, 0.717) is 11.1 Å². The molecule has 10 heteroatoms. The minimum absolute atomic E-state index is 0.00796. The van der Waals surface area contributed by atoms with Gasteiger partial charge in [0.1, 0.15) is 5.75 Å². The van der Waals surface area contributed by atoms with Gasteiger partial charge in [-0.05, 0) is 42.0 Å². The highest BCUT2D eigenvalue weighted by Crippen LogP contribution is 2.31. The standard InChI is InChI=1S/C19H13F4NO5/c1-26-15-9-11(4-7-14(15)28-19(22)23)16-24-13(17(25)29-16)8-10-2-5-12(6-3-10)27-18(20)21/h2-9,18-19H,1H3. The topological polar surface area (TPSA) is 66.4 Å². The fourth-order valence-electron chi connectivity index (χ4n) is 2.43. The summed E-state index contributed by atoms with van der Waals surface area (Å²) in [6.07, 6.45) is 1.40. The predicted octanol–water partition coefficient (Wildman–Crippen LogP) is 4.24. The SMILES string of the molecule is COc1cc(C2=NC(=Cc3ccc(OC(F)F)cc3)C(=O)O2)ccc1OC(F)F. The first-order valence-corrected chi connectivity index (χ1v) is 8.06. The van der Waals surface area contributed by atoms with Crippen molar-refractivity contribution in [1.82, 2.24) is 0 Å². The summed E-state index contributed by atoms with van der Waals surface area (Å²) in [6.45, 7) is -5.96. The number of hydrogen-bond acceptors (Lipinski definition) is 6. The van der Waals surface area contributed by atoms with Crippen LogP contribution >= 0.6 is 0 Å². The zero-order valence-electron chi connectivity index (χ0n) is 14.8. The number of nitrogens with zero attached hydrogens (tertiary/aromatic N) is 1. The second-order valence-electron chi connectivity index (χ2n) is 5.53. The quantitative estimate of drug-likeness (QED) is 0.387. The number of benzene rings is 2. The summed E-state index contributed by atoms with van der Waals surface area (Å²) in [4.78, 5) is 16.1. The van der Waals surface area contributed by atoms with Crippen LogP contribution in [0, 0.1) is 0 Å². The van der Waals surface area contributed by atoms with Crippen molar-refractivity contribution in [2.45, 2.75) is 13.2 Å². The fraction of sp³-hybridized carbons (Fsp3) is 0.158. The van der Waals surface area contributed by atoms with Crippen molar-refractivity contribution in [1.29, 1.82) is 0 Å². The highest BCUT2D eigenvalue weighted by Gasteiger charge is 2.25. The summed E-state index contributed by atoms with van der Waals surface area (Å²) < 4.78 is 67.9. The molecule has 0 amide bonds. The van der Waals surface area contributed by atoms with E-state index in [9.17, 15) is 22.4 Å². The Morgan fingerprint density at radius 2 is 1.66 bits per heavy atom. The Bertz CT molecular complexity index is 958. The third-order valence-electron chi connectivity index (χ3n) is 3.66. The molecule has 0 spiro atoms. The Labute approximate surface area is 162 Å². The number of esters is 1. The number of hydrogen-bond donors (Lipinski definition) is 0. The second kappa shape index (κ2) is 8.63. The molecule has 0 aliphatic carbocycles. The first kappa shape index (κ1) is 20.2. The number of carbonyl (C=O) groups excluding carboxylic acids is 1. The molecule has 0 N–H and O–H groups in total. The number of carbonyl (C=O) groups is 1. The van der Waals surface area contributed by atoms with Gasteiger partial charge in [-0.1, -0.05) is 12.1 Å². The van der Waals surface area contributed by atoms with Crippen LogP contribution in [-0.2, 0) is 9.53 Å². The van der Waals surface area contributed by atoms with Gasteiger partial charge < -0.3 is 18.9 Å². The summed E-state index contributed by atoms with van der Waals surface area (Å²) in [5.74, 6) is -0.995. The van der Waals surface area contributed by atoms with E-state index in [2.05, 4.69) is 14.5 Å². The monoisotopic (exact) mass is 411 g/mol. The van der Waals surface area contributed by atoms with Crippen LogP contribution < -0.4 is 14.2 Å². The molecule has 0 saturated heterocycles. The molecule has 2 aromatic rings. The van der Waals surface area contributed by atoms with Crippen LogP contribution in [-0.4, -0.2) is 32.2 Å². The zero-order valence-corrected chi connectivity index (χ0v) is 14.8. The van der Waals surface area contributed by atoms with E-state index in [1.54, 1.807) is 0 Å². The lowest BCUT2D eigenvalue weighted by atomic mass is 10.2. The van der Waals surface area contributed by atoms with E-state index in [0.717, 1.165) is 0 Å². The van der Waals surface area contributed by atoms with Crippen molar-refractivity contribution < 1.29 is 41.3 Å². The van der Waals surface area contributed by atoms with Gasteiger partial charge in [-0.15, -0.1) is 0 Å². The summed E-state index contributed by atoms with van der Waals surface area (Å²) >= 11 is 0. The molecule has 1 aliphatic heterocycles. The van der Waals surface area contributed by atoms with E-state index in [-0.39, 0.29) is 28.8 Å². The fourth-order valence-corrected chi connectivity index (χ4v) is 2.43. The highest BCUT2D eigenvalue weighted by molar-refractivity contribution is 6.13. The second-order valence-corrected chi connectivity index (χ2v) is 5.53. The highest BCUT2D eigenvalue weighted by atomic mass is 19.3. The molecule has 0 bridgehead atoms. The van der Waals surface area contributed by atoms with Gasteiger partial charge >= 0.3 is 19.2 Å². The van der Waals surface area contributed by atoms with Gasteiger partial charge in [-0.2, -0.15) is 17.6 Å². The third kappa shape index (κ3) is 5.03. The molecule has 2 aromatic carbocycles. The lowest BCUT2D eigenvalue weighted by Gasteiger charge is -2.10. The van der Waals surface area contributed by atoms with E-state index in [1.807, 2.05) is 0 Å². The largest absolute Gasteiger partial charge is 0.493 e. The van der Waals surface area contributed by atoms with E-state index in [1.165, 1.54) is 55.7 Å². The van der Waals surface area contributed by atoms with Gasteiger partial charge in [-0.25, -0.2) is 9.79 Å². The van der Waals surface area contributed by atoms with Crippen molar-refractivity contribution in [3.05, 3.63) is 59.3 Å².